The summed E-state index contributed by atoms with van der Waals surface area (Å²) in [7, 11) is -9.33. The number of benzene rings is 3. The van der Waals surface area contributed by atoms with Gasteiger partial charge in [0.05, 0.1) is 20.8 Å². The van der Waals surface area contributed by atoms with E-state index in [0.717, 1.165) is 0 Å². The van der Waals surface area contributed by atoms with Crippen molar-refractivity contribution in [3.05, 3.63) is 84.2 Å². The first kappa shape index (κ1) is 30.8. The molecule has 0 bridgehead atoms. The van der Waals surface area contributed by atoms with Crippen molar-refractivity contribution >= 4 is 42.0 Å². The van der Waals surface area contributed by atoms with Gasteiger partial charge in [0.1, 0.15) is 20.2 Å². The van der Waals surface area contributed by atoms with Crippen LogP contribution in [0.2, 0.25) is 0 Å². The van der Waals surface area contributed by atoms with E-state index >= 15 is 0 Å². The molecule has 0 aliphatic heterocycles. The molecule has 0 spiro atoms. The molecule has 2 heterocycles. The average molecular weight is 565 g/mol. The summed E-state index contributed by atoms with van der Waals surface area (Å²) in [5.41, 5.74) is 4.31. The second-order valence-electron chi connectivity index (χ2n) is 8.40. The van der Waals surface area contributed by atoms with Gasteiger partial charge >= 0.3 is 59.1 Å². The van der Waals surface area contributed by atoms with E-state index in [1.54, 1.807) is 50.2 Å². The Labute approximate surface area is 264 Å². The maximum absolute atomic E-state index is 11.9. The van der Waals surface area contributed by atoms with Crippen LogP contribution in [0.3, 0.4) is 0 Å². The summed E-state index contributed by atoms with van der Waals surface area (Å²) in [5, 5.41) is 1.34. The van der Waals surface area contributed by atoms with Gasteiger partial charge in [-0.15, -0.1) is 0 Å². The zero-order chi connectivity index (χ0) is 25.8. The molecule has 0 amide bonds. The fourth-order valence-corrected chi connectivity index (χ4v) is 5.59. The second kappa shape index (κ2) is 11.4. The molecule has 0 saturated carbocycles. The number of nitrogens with zero attached hydrogens (tertiary/aromatic N) is 2. The van der Waals surface area contributed by atoms with Gasteiger partial charge in [0, 0.05) is 27.7 Å². The molecule has 0 aliphatic rings. The van der Waals surface area contributed by atoms with Gasteiger partial charge in [0.15, 0.2) is 0 Å². The molecule has 0 atom stereocenters. The van der Waals surface area contributed by atoms with Crippen LogP contribution >= 0.6 is 0 Å². The molecule has 0 radical (unpaired) electrons. The van der Waals surface area contributed by atoms with Crippen molar-refractivity contribution in [1.29, 1.82) is 0 Å². The molecule has 0 aliphatic carbocycles. The van der Waals surface area contributed by atoms with Crippen LogP contribution in [0.1, 0.15) is 11.4 Å². The minimum atomic E-state index is -4.71. The molecule has 0 unspecified atom stereocenters. The van der Waals surface area contributed by atoms with Crippen molar-refractivity contribution in [3.63, 3.8) is 0 Å². The van der Waals surface area contributed by atoms with E-state index < -0.39 is 20.2 Å². The molecule has 5 rings (SSSR count). The first-order valence-corrected chi connectivity index (χ1v) is 13.6. The Balaban J connectivity index is 0.00000200. The molecule has 182 valence electrons. The third-order valence-electron chi connectivity index (χ3n) is 5.96. The number of pyridine rings is 2. The van der Waals surface area contributed by atoms with E-state index in [0.29, 0.717) is 49.9 Å². The van der Waals surface area contributed by atoms with Crippen LogP contribution in [0, 0.1) is 13.8 Å². The number of fused-ring (bicyclic) bond motifs is 3. The molecule has 0 saturated heterocycles. The molecule has 3 aromatic carbocycles. The van der Waals surface area contributed by atoms with E-state index in [9.17, 15) is 25.9 Å². The van der Waals surface area contributed by atoms with E-state index in [1.807, 2.05) is 6.07 Å². The van der Waals surface area contributed by atoms with Crippen LogP contribution in [0.25, 0.3) is 44.1 Å². The molecular weight excluding hydrogens is 546 g/mol. The van der Waals surface area contributed by atoms with Crippen molar-refractivity contribution < 1.29 is 85.1 Å². The number of hydrogen-bond acceptors (Lipinski definition) is 8. The fourth-order valence-electron chi connectivity index (χ4n) is 4.38. The summed E-state index contributed by atoms with van der Waals surface area (Å²) in [6, 6.07) is 19.0. The van der Waals surface area contributed by atoms with Gasteiger partial charge < -0.3 is 9.11 Å². The zero-order valence-electron chi connectivity index (χ0n) is 21.1. The van der Waals surface area contributed by atoms with Gasteiger partial charge in [-0.1, -0.05) is 42.5 Å². The maximum atomic E-state index is 11.9. The predicted molar refractivity (Wildman–Crippen MR) is 133 cm³/mol. The molecule has 2 aromatic heterocycles. The van der Waals surface area contributed by atoms with Gasteiger partial charge in [-0.2, -0.15) is 0 Å². The van der Waals surface area contributed by atoms with E-state index in [-0.39, 0.29) is 74.5 Å². The van der Waals surface area contributed by atoms with Gasteiger partial charge in [0.25, 0.3) is 0 Å². The summed E-state index contributed by atoms with van der Waals surface area (Å²) in [6.45, 7) is 3.54. The normalized spacial score (nSPS) is 11.7. The van der Waals surface area contributed by atoms with Crippen LogP contribution in [0.15, 0.2) is 82.6 Å². The molecule has 12 heteroatoms. The molecule has 5 aromatic rings. The van der Waals surface area contributed by atoms with Crippen molar-refractivity contribution in [2.45, 2.75) is 23.6 Å². The number of aryl methyl sites for hydroxylation is 2. The Bertz CT molecular complexity index is 1930. The molecule has 0 fully saturated rings. The van der Waals surface area contributed by atoms with Crippen LogP contribution in [0.5, 0.6) is 0 Å². The number of hydrogen-bond donors (Lipinski definition) is 0. The SMILES string of the molecule is Cc1cc(-c2ccccc2S(=O)(=O)[O-])c2ccc3cc(-c4cccc(S(=O)(=O)[O-])c4)c(C)nc3c2n1.[Na+].[Na+]. The van der Waals surface area contributed by atoms with Gasteiger partial charge in [-0.25, -0.2) is 16.8 Å². The average Bonchev–Trinajstić information content (AvgIpc) is 2.82. The van der Waals surface area contributed by atoms with Crippen molar-refractivity contribution in [3.8, 4) is 22.3 Å². The van der Waals surface area contributed by atoms with E-state index in [1.165, 1.54) is 30.3 Å². The summed E-state index contributed by atoms with van der Waals surface area (Å²) >= 11 is 0. The Morgan fingerprint density at radius 2 is 1.37 bits per heavy atom. The smallest absolute Gasteiger partial charge is 0.744 e. The quantitative estimate of drug-likeness (QED) is 0.147. The van der Waals surface area contributed by atoms with E-state index in [2.05, 4.69) is 4.98 Å². The van der Waals surface area contributed by atoms with Crippen LogP contribution < -0.4 is 59.1 Å². The van der Waals surface area contributed by atoms with Crippen molar-refractivity contribution in [2.24, 2.45) is 0 Å². The first-order valence-electron chi connectivity index (χ1n) is 10.8. The maximum Gasteiger partial charge on any atom is 1.00 e. The van der Waals surface area contributed by atoms with Crippen LogP contribution in [-0.4, -0.2) is 35.9 Å². The van der Waals surface area contributed by atoms with Crippen LogP contribution in [-0.2, 0) is 20.2 Å². The molecule has 8 nitrogen and oxygen atoms in total. The first-order chi connectivity index (χ1) is 16.9. The number of aromatic nitrogens is 2. The Morgan fingerprint density at radius 1 is 0.658 bits per heavy atom. The summed E-state index contributed by atoms with van der Waals surface area (Å²) < 4.78 is 70.2. The minimum Gasteiger partial charge on any atom is -0.744 e. The zero-order valence-corrected chi connectivity index (χ0v) is 26.7. The monoisotopic (exact) mass is 564 g/mol. The summed E-state index contributed by atoms with van der Waals surface area (Å²) in [5.74, 6) is 0. The Hall–Kier alpha value is -1.70. The third kappa shape index (κ3) is 5.90. The molecule has 38 heavy (non-hydrogen) atoms. The Kier molecular flexibility index (Phi) is 9.27. The van der Waals surface area contributed by atoms with Gasteiger partial charge in [-0.05, 0) is 60.9 Å². The van der Waals surface area contributed by atoms with Crippen molar-refractivity contribution in [2.75, 3.05) is 0 Å². The Morgan fingerprint density at radius 3 is 2.05 bits per heavy atom. The van der Waals surface area contributed by atoms with Crippen LogP contribution in [0.4, 0.5) is 0 Å². The van der Waals surface area contributed by atoms with Crippen molar-refractivity contribution in [1.82, 2.24) is 9.97 Å². The van der Waals surface area contributed by atoms with Gasteiger partial charge in [-0.3, -0.25) is 9.97 Å². The number of rotatable bonds is 4. The summed E-state index contributed by atoms with van der Waals surface area (Å²) in [4.78, 5) is 8.77. The molecular formula is C26H18N2Na2O6S2. The summed E-state index contributed by atoms with van der Waals surface area (Å²) in [6.07, 6.45) is 0. The molecule has 0 N–H and O–H groups in total. The topological polar surface area (TPSA) is 140 Å². The predicted octanol–water partition coefficient (Wildman–Crippen LogP) is -1.45. The fraction of sp³-hybridized carbons (Fsp3) is 0.0769. The minimum absolute atomic E-state index is 0. The largest absolute Gasteiger partial charge is 1.00 e. The standard InChI is InChI=1S/C26H20N2O6S2.2Na/c1-15-12-23(20-8-3-4-9-24(20)36(32,33)34)21-11-10-18-14-22(16(2)28-25(18)26(21)27-15)17-6-5-7-19(13-17)35(29,30)31;;/h3-14H,1-2H3,(H,29,30,31)(H,32,33,34);;/q;2*+1/p-2. The second-order valence-corrected chi connectivity index (χ2v) is 11.1. The van der Waals surface area contributed by atoms with Gasteiger partial charge in [0.2, 0.25) is 0 Å². The third-order valence-corrected chi connectivity index (χ3v) is 7.69. The van der Waals surface area contributed by atoms with E-state index in [4.69, 9.17) is 4.98 Å².